The molecule has 0 bridgehead atoms. The van der Waals surface area contributed by atoms with Crippen LogP contribution in [-0.4, -0.2) is 42.5 Å². The summed E-state index contributed by atoms with van der Waals surface area (Å²) in [6.07, 6.45) is 8.44. The Hall–Kier alpha value is -2.82. The van der Waals surface area contributed by atoms with E-state index in [2.05, 4.69) is 28.4 Å². The first kappa shape index (κ1) is 22.9. The highest BCUT2D eigenvalue weighted by Crippen LogP contribution is 2.47. The predicted octanol–water partition coefficient (Wildman–Crippen LogP) is 4.95. The first-order valence-electron chi connectivity index (χ1n) is 12.9. The minimum Gasteiger partial charge on any atom is -0.496 e. The number of carbonyl (C=O) groups excluding carboxylic acids is 2. The summed E-state index contributed by atoms with van der Waals surface area (Å²) in [5.41, 5.74) is 1.30. The van der Waals surface area contributed by atoms with E-state index in [9.17, 15) is 9.59 Å². The highest BCUT2D eigenvalue weighted by molar-refractivity contribution is 5.89. The highest BCUT2D eigenvalue weighted by atomic mass is 16.5. The molecule has 2 amide bonds. The van der Waals surface area contributed by atoms with Crippen LogP contribution in [0.25, 0.3) is 0 Å². The van der Waals surface area contributed by atoms with Gasteiger partial charge in [0.05, 0.1) is 18.1 Å². The third-order valence-electron chi connectivity index (χ3n) is 8.45. The average molecular weight is 461 g/mol. The van der Waals surface area contributed by atoms with E-state index < -0.39 is 11.0 Å². The van der Waals surface area contributed by atoms with E-state index in [1.807, 2.05) is 36.4 Å². The zero-order valence-electron chi connectivity index (χ0n) is 20.2. The average Bonchev–Trinajstić information content (AvgIpc) is 3.14. The number of amides is 2. The van der Waals surface area contributed by atoms with Crippen molar-refractivity contribution in [2.45, 2.75) is 74.7 Å². The zero-order valence-corrected chi connectivity index (χ0v) is 20.2. The van der Waals surface area contributed by atoms with E-state index in [4.69, 9.17) is 4.74 Å². The van der Waals surface area contributed by atoms with Crippen LogP contribution in [0.1, 0.15) is 74.8 Å². The number of rotatable bonds is 4. The molecule has 0 radical (unpaired) electrons. The van der Waals surface area contributed by atoms with Crippen molar-refractivity contribution in [2.75, 3.05) is 20.2 Å². The molecule has 5 rings (SSSR count). The van der Waals surface area contributed by atoms with Crippen LogP contribution in [0, 0.1) is 0 Å². The van der Waals surface area contributed by atoms with Gasteiger partial charge in [0, 0.05) is 31.0 Å². The van der Waals surface area contributed by atoms with Crippen molar-refractivity contribution < 1.29 is 14.3 Å². The summed E-state index contributed by atoms with van der Waals surface area (Å²) >= 11 is 0. The van der Waals surface area contributed by atoms with Crippen molar-refractivity contribution in [1.29, 1.82) is 0 Å². The molecule has 5 heteroatoms. The second-order valence-corrected chi connectivity index (χ2v) is 10.4. The first-order chi connectivity index (χ1) is 16.6. The minimum absolute atomic E-state index is 0.00561. The molecule has 1 N–H and O–H groups in total. The molecule has 3 fully saturated rings. The van der Waals surface area contributed by atoms with Gasteiger partial charge in [-0.25, -0.2) is 0 Å². The van der Waals surface area contributed by atoms with E-state index in [1.54, 1.807) is 7.11 Å². The van der Waals surface area contributed by atoms with Crippen molar-refractivity contribution in [2.24, 2.45) is 0 Å². The van der Waals surface area contributed by atoms with Crippen LogP contribution in [0.3, 0.4) is 0 Å². The largest absolute Gasteiger partial charge is 0.496 e. The lowest BCUT2D eigenvalue weighted by Crippen LogP contribution is -2.54. The molecule has 5 nitrogen and oxygen atoms in total. The van der Waals surface area contributed by atoms with Crippen molar-refractivity contribution in [1.82, 2.24) is 10.2 Å². The Bertz CT molecular complexity index is 1030. The molecule has 2 heterocycles. The lowest BCUT2D eigenvalue weighted by atomic mass is 9.68. The van der Waals surface area contributed by atoms with Gasteiger partial charge >= 0.3 is 0 Å². The Morgan fingerprint density at radius 3 is 2.41 bits per heavy atom. The fourth-order valence-corrected chi connectivity index (χ4v) is 6.77. The Kier molecular flexibility index (Phi) is 6.37. The van der Waals surface area contributed by atoms with Gasteiger partial charge in [-0.3, -0.25) is 9.59 Å². The maximum Gasteiger partial charge on any atom is 0.233 e. The van der Waals surface area contributed by atoms with Gasteiger partial charge in [-0.1, -0.05) is 74.2 Å². The molecule has 3 aliphatic rings. The van der Waals surface area contributed by atoms with Crippen LogP contribution in [0.5, 0.6) is 5.75 Å². The summed E-state index contributed by atoms with van der Waals surface area (Å²) in [6, 6.07) is 18.5. The zero-order chi connectivity index (χ0) is 23.6. The first-order valence-corrected chi connectivity index (χ1v) is 12.9. The van der Waals surface area contributed by atoms with Crippen LogP contribution in [-0.2, 0) is 15.0 Å². The Morgan fingerprint density at radius 1 is 0.941 bits per heavy atom. The molecule has 2 atom stereocenters. The van der Waals surface area contributed by atoms with Gasteiger partial charge in [-0.2, -0.15) is 0 Å². The molecule has 1 spiro atoms. The summed E-state index contributed by atoms with van der Waals surface area (Å²) in [5.74, 6) is 1.16. The highest BCUT2D eigenvalue weighted by Gasteiger charge is 2.54. The molecule has 2 aromatic rings. The SMILES string of the molecule is COc1ccccc1[C@@H]1CN(C(=O)C2(c3ccccc3)CCCCC2)C[C@]12CCCCC(=O)N2. The second kappa shape index (κ2) is 9.44. The molecule has 34 heavy (non-hydrogen) atoms. The predicted molar refractivity (Wildman–Crippen MR) is 133 cm³/mol. The number of ether oxygens (including phenoxy) is 1. The molecule has 2 aromatic carbocycles. The van der Waals surface area contributed by atoms with Crippen LogP contribution in [0.2, 0.25) is 0 Å². The lowest BCUT2D eigenvalue weighted by Gasteiger charge is -2.40. The summed E-state index contributed by atoms with van der Waals surface area (Å²) in [7, 11) is 1.70. The van der Waals surface area contributed by atoms with E-state index in [-0.39, 0.29) is 17.7 Å². The molecule has 180 valence electrons. The number of hydrogen-bond donors (Lipinski definition) is 1. The maximum atomic E-state index is 14.4. The van der Waals surface area contributed by atoms with Gasteiger partial charge in [0.1, 0.15) is 5.75 Å². The van der Waals surface area contributed by atoms with E-state index in [1.165, 1.54) is 6.42 Å². The monoisotopic (exact) mass is 460 g/mol. The summed E-state index contributed by atoms with van der Waals surface area (Å²) < 4.78 is 5.73. The summed E-state index contributed by atoms with van der Waals surface area (Å²) in [5, 5.41) is 3.41. The van der Waals surface area contributed by atoms with Crippen molar-refractivity contribution >= 4 is 11.8 Å². The number of carbonyl (C=O) groups is 2. The van der Waals surface area contributed by atoms with Crippen LogP contribution in [0.4, 0.5) is 0 Å². The van der Waals surface area contributed by atoms with E-state index in [0.717, 1.165) is 61.8 Å². The van der Waals surface area contributed by atoms with Gasteiger partial charge in [-0.15, -0.1) is 0 Å². The third kappa shape index (κ3) is 3.99. The van der Waals surface area contributed by atoms with Gasteiger partial charge in [0.2, 0.25) is 11.8 Å². The number of nitrogens with zero attached hydrogens (tertiary/aromatic N) is 1. The summed E-state index contributed by atoms with van der Waals surface area (Å²) in [6.45, 7) is 1.17. The van der Waals surface area contributed by atoms with Crippen molar-refractivity contribution in [3.05, 3.63) is 65.7 Å². The molecule has 0 unspecified atom stereocenters. The molecular formula is C29H36N2O3. The normalized spacial score (nSPS) is 26.7. The Morgan fingerprint density at radius 2 is 1.65 bits per heavy atom. The number of methoxy groups -OCH3 is 1. The number of hydrogen-bond acceptors (Lipinski definition) is 3. The van der Waals surface area contributed by atoms with Crippen LogP contribution < -0.4 is 10.1 Å². The molecule has 1 saturated carbocycles. The number of para-hydroxylation sites is 1. The minimum atomic E-state index is -0.467. The second-order valence-electron chi connectivity index (χ2n) is 10.4. The van der Waals surface area contributed by atoms with E-state index in [0.29, 0.717) is 19.5 Å². The molecule has 1 aliphatic carbocycles. The van der Waals surface area contributed by atoms with E-state index >= 15 is 0 Å². The standard InChI is InChI=1S/C29H36N2O3/c1-34-25-15-7-6-14-23(25)24-20-31(21-29(24)19-11-8-16-26(32)30-29)27(33)28(17-9-3-10-18-28)22-12-4-2-5-13-22/h2,4-7,12-15,24H,3,8-11,16-21H2,1H3,(H,30,32)/t24-,29+/m0/s1. The Balaban J connectivity index is 1.55. The summed E-state index contributed by atoms with van der Waals surface area (Å²) in [4.78, 5) is 29.3. The fourth-order valence-electron chi connectivity index (χ4n) is 6.77. The van der Waals surface area contributed by atoms with Gasteiger partial charge in [-0.05, 0) is 37.3 Å². The molecule has 2 aliphatic heterocycles. The molecule has 0 aromatic heterocycles. The van der Waals surface area contributed by atoms with Crippen LogP contribution in [0.15, 0.2) is 54.6 Å². The quantitative estimate of drug-likeness (QED) is 0.702. The maximum absolute atomic E-state index is 14.4. The van der Waals surface area contributed by atoms with Crippen LogP contribution >= 0.6 is 0 Å². The fraction of sp³-hybridized carbons (Fsp3) is 0.517. The van der Waals surface area contributed by atoms with Gasteiger partial charge in [0.15, 0.2) is 0 Å². The van der Waals surface area contributed by atoms with Crippen molar-refractivity contribution in [3.63, 3.8) is 0 Å². The van der Waals surface area contributed by atoms with Gasteiger partial charge in [0.25, 0.3) is 0 Å². The molecule has 2 saturated heterocycles. The molecular weight excluding hydrogens is 424 g/mol. The topological polar surface area (TPSA) is 58.6 Å². The Labute approximate surface area is 202 Å². The number of benzene rings is 2. The van der Waals surface area contributed by atoms with Gasteiger partial charge < -0.3 is 15.0 Å². The third-order valence-corrected chi connectivity index (χ3v) is 8.45. The number of likely N-dealkylation sites (tertiary alicyclic amines) is 1. The van der Waals surface area contributed by atoms with Crippen molar-refractivity contribution in [3.8, 4) is 5.75 Å². The number of nitrogens with one attached hydrogen (secondary N) is 1. The smallest absolute Gasteiger partial charge is 0.233 e. The lowest BCUT2D eigenvalue weighted by molar-refractivity contribution is -0.138.